The number of para-hydroxylation sites is 1. The number of fused-ring (bicyclic) bond motifs is 1. The van der Waals surface area contributed by atoms with Crippen molar-refractivity contribution in [3.8, 4) is 0 Å². The lowest BCUT2D eigenvalue weighted by atomic mass is 10.3. The van der Waals surface area contributed by atoms with Crippen molar-refractivity contribution >= 4 is 34.4 Å². The molecule has 17 heavy (non-hydrogen) atoms. The molecule has 1 unspecified atom stereocenters. The average Bonchev–Trinajstić information content (AvgIpc) is 2.56. The van der Waals surface area contributed by atoms with Gasteiger partial charge in [0.15, 0.2) is 5.82 Å². The van der Waals surface area contributed by atoms with Gasteiger partial charge in [-0.25, -0.2) is 9.07 Å². The van der Waals surface area contributed by atoms with Crippen LogP contribution in [0.1, 0.15) is 11.9 Å². The van der Waals surface area contributed by atoms with Crippen LogP contribution in [0.3, 0.4) is 0 Å². The van der Waals surface area contributed by atoms with E-state index in [0.29, 0.717) is 4.09 Å². The van der Waals surface area contributed by atoms with Gasteiger partial charge in [0.25, 0.3) is 0 Å². The number of nitrogens with zero attached hydrogens (tertiary/aromatic N) is 2. The summed E-state index contributed by atoms with van der Waals surface area (Å²) in [5, 5.41) is 9.26. The van der Waals surface area contributed by atoms with Crippen molar-refractivity contribution in [1.82, 2.24) is 9.07 Å². The van der Waals surface area contributed by atoms with Gasteiger partial charge >= 0.3 is 6.18 Å². The summed E-state index contributed by atoms with van der Waals surface area (Å²) in [4.78, 5) is 3.61. The molecule has 3 nitrogen and oxygen atoms in total. The van der Waals surface area contributed by atoms with Crippen LogP contribution < -0.4 is 0 Å². The molecule has 0 aliphatic carbocycles. The van der Waals surface area contributed by atoms with Crippen molar-refractivity contribution in [3.05, 3.63) is 29.0 Å². The Morgan fingerprint density at radius 2 is 2.00 bits per heavy atom. The number of aliphatic hydroxyl groups excluding tert-OH is 1. The molecule has 0 aliphatic rings. The molecule has 0 amide bonds. The third kappa shape index (κ3) is 2.08. The molecule has 0 bridgehead atoms. The van der Waals surface area contributed by atoms with Crippen LogP contribution in [0, 0.1) is 0 Å². The summed E-state index contributed by atoms with van der Waals surface area (Å²) in [5.74, 6) is -0.706. The molecule has 1 N–H and O–H groups in total. The second-order valence-electron chi connectivity index (χ2n) is 3.30. The van der Waals surface area contributed by atoms with E-state index < -0.39 is 18.1 Å². The highest BCUT2D eigenvalue weighted by Gasteiger charge is 2.42. The first-order chi connectivity index (χ1) is 7.82. The van der Waals surface area contributed by atoms with Gasteiger partial charge in [-0.1, -0.05) is 17.7 Å². The minimum Gasteiger partial charge on any atom is -0.377 e. The van der Waals surface area contributed by atoms with E-state index in [1.807, 2.05) is 0 Å². The van der Waals surface area contributed by atoms with Gasteiger partial charge in [0, 0.05) is 11.8 Å². The monoisotopic (exact) mass is 284 g/mol. The molecule has 0 fully saturated rings. The number of hydrogen-bond donors (Lipinski definition) is 1. The maximum atomic E-state index is 12.3. The van der Waals surface area contributed by atoms with Gasteiger partial charge in [0.1, 0.15) is 5.52 Å². The number of benzene rings is 1. The minimum absolute atomic E-state index is 0.113. The Morgan fingerprint density at radius 1 is 1.35 bits per heavy atom. The lowest BCUT2D eigenvalue weighted by molar-refractivity contribution is -0.209. The fourth-order valence-corrected chi connectivity index (χ4v) is 1.85. The number of aliphatic hydroxyl groups is 1. The smallest absolute Gasteiger partial charge is 0.377 e. The quantitative estimate of drug-likeness (QED) is 0.873. The molecular weight excluding hydrogens is 280 g/mol. The minimum atomic E-state index is -4.83. The SMILES string of the molecule is OC(c1nc2c(Cl)cccc2n1Cl)C(F)(F)F. The van der Waals surface area contributed by atoms with E-state index in [9.17, 15) is 13.2 Å². The van der Waals surface area contributed by atoms with Crippen LogP contribution in [0.25, 0.3) is 11.0 Å². The van der Waals surface area contributed by atoms with E-state index in [2.05, 4.69) is 4.98 Å². The number of rotatable bonds is 1. The van der Waals surface area contributed by atoms with Crippen molar-refractivity contribution in [1.29, 1.82) is 0 Å². The molecule has 92 valence electrons. The van der Waals surface area contributed by atoms with Crippen LogP contribution in [-0.2, 0) is 0 Å². The molecular formula is C9H5Cl2F3N2O. The van der Waals surface area contributed by atoms with E-state index in [-0.39, 0.29) is 16.1 Å². The van der Waals surface area contributed by atoms with Gasteiger partial charge < -0.3 is 5.11 Å². The summed E-state index contributed by atoms with van der Waals surface area (Å²) >= 11 is 11.4. The van der Waals surface area contributed by atoms with Crippen LogP contribution in [-0.4, -0.2) is 20.4 Å². The highest BCUT2D eigenvalue weighted by molar-refractivity contribution is 6.35. The number of halogens is 5. The molecule has 8 heteroatoms. The van der Waals surface area contributed by atoms with Gasteiger partial charge in [-0.3, -0.25) is 0 Å². The molecule has 1 aromatic carbocycles. The fraction of sp³-hybridized carbons (Fsp3) is 0.222. The Balaban J connectivity index is 2.64. The van der Waals surface area contributed by atoms with E-state index in [1.54, 1.807) is 0 Å². The predicted molar refractivity (Wildman–Crippen MR) is 57.0 cm³/mol. The molecule has 2 rings (SSSR count). The molecule has 0 saturated heterocycles. The normalized spacial score (nSPS) is 14.2. The number of aromatic nitrogens is 2. The standard InChI is InChI=1S/C9H5Cl2F3N2O/c10-4-2-1-3-5-6(4)15-8(16(5)11)7(17)9(12,13)14/h1-3,7,17H. The summed E-state index contributed by atoms with van der Waals surface area (Å²) in [6.45, 7) is 0. The molecule has 0 saturated carbocycles. The highest BCUT2D eigenvalue weighted by Crippen LogP contribution is 2.35. The summed E-state index contributed by atoms with van der Waals surface area (Å²) < 4.78 is 37.7. The first-order valence-corrected chi connectivity index (χ1v) is 5.11. The fourth-order valence-electron chi connectivity index (χ4n) is 1.37. The first-order valence-electron chi connectivity index (χ1n) is 4.40. The van der Waals surface area contributed by atoms with E-state index in [1.165, 1.54) is 18.2 Å². The number of alkyl halides is 3. The Hall–Kier alpha value is -0.980. The van der Waals surface area contributed by atoms with Crippen LogP contribution in [0.15, 0.2) is 18.2 Å². The maximum Gasteiger partial charge on any atom is 0.421 e. The lowest BCUT2D eigenvalue weighted by Gasteiger charge is -2.12. The van der Waals surface area contributed by atoms with Gasteiger partial charge in [-0.2, -0.15) is 13.2 Å². The topological polar surface area (TPSA) is 38.1 Å². The molecule has 1 aromatic heterocycles. The number of imidazole rings is 1. The van der Waals surface area contributed by atoms with Gasteiger partial charge in [0.2, 0.25) is 6.10 Å². The largest absolute Gasteiger partial charge is 0.421 e. The Morgan fingerprint density at radius 3 is 2.53 bits per heavy atom. The Bertz CT molecular complexity index is 567. The second-order valence-corrected chi connectivity index (χ2v) is 4.05. The summed E-state index contributed by atoms with van der Waals surface area (Å²) in [5.41, 5.74) is 0.319. The zero-order chi connectivity index (χ0) is 12.8. The van der Waals surface area contributed by atoms with Gasteiger partial charge in [-0.05, 0) is 12.1 Å². The summed E-state index contributed by atoms with van der Waals surface area (Å²) in [6, 6.07) is 4.44. The van der Waals surface area contributed by atoms with Crippen molar-refractivity contribution in [2.45, 2.75) is 12.3 Å². The predicted octanol–water partition coefficient (Wildman–Crippen LogP) is 3.29. The highest BCUT2D eigenvalue weighted by atomic mass is 35.5. The van der Waals surface area contributed by atoms with Crippen LogP contribution in [0.2, 0.25) is 5.02 Å². The van der Waals surface area contributed by atoms with E-state index >= 15 is 0 Å². The molecule has 1 heterocycles. The zero-order valence-electron chi connectivity index (χ0n) is 8.04. The molecule has 0 radical (unpaired) electrons. The van der Waals surface area contributed by atoms with E-state index in [0.717, 1.165) is 0 Å². The molecule has 2 aromatic rings. The molecule has 1 atom stereocenters. The van der Waals surface area contributed by atoms with Gasteiger partial charge in [0.05, 0.1) is 10.5 Å². The maximum absolute atomic E-state index is 12.3. The van der Waals surface area contributed by atoms with Crippen molar-refractivity contribution < 1.29 is 18.3 Å². The van der Waals surface area contributed by atoms with Crippen molar-refractivity contribution in [2.75, 3.05) is 0 Å². The third-order valence-corrected chi connectivity index (χ3v) is 2.82. The van der Waals surface area contributed by atoms with Gasteiger partial charge in [-0.15, -0.1) is 0 Å². The zero-order valence-corrected chi connectivity index (χ0v) is 9.55. The number of hydrogen-bond acceptors (Lipinski definition) is 2. The second kappa shape index (κ2) is 4.04. The molecule has 0 spiro atoms. The molecule has 0 aliphatic heterocycles. The van der Waals surface area contributed by atoms with Crippen LogP contribution in [0.4, 0.5) is 13.2 Å². The first kappa shape index (κ1) is 12.5. The van der Waals surface area contributed by atoms with Crippen LogP contribution in [0.5, 0.6) is 0 Å². The average molecular weight is 285 g/mol. The lowest BCUT2D eigenvalue weighted by Crippen LogP contribution is -2.22. The Kier molecular flexibility index (Phi) is 2.97. The van der Waals surface area contributed by atoms with Crippen molar-refractivity contribution in [2.24, 2.45) is 0 Å². The Labute approximate surface area is 103 Å². The third-order valence-electron chi connectivity index (χ3n) is 2.16. The van der Waals surface area contributed by atoms with E-state index in [4.69, 9.17) is 28.5 Å². The van der Waals surface area contributed by atoms with Crippen LogP contribution >= 0.6 is 23.4 Å². The summed E-state index contributed by atoms with van der Waals surface area (Å²) in [6.07, 6.45) is -7.58. The van der Waals surface area contributed by atoms with Crippen molar-refractivity contribution in [3.63, 3.8) is 0 Å². The summed E-state index contributed by atoms with van der Waals surface area (Å²) in [7, 11) is 0.